The molecule has 0 bridgehead atoms. The van der Waals surface area contributed by atoms with E-state index in [0.717, 1.165) is 12.1 Å². The summed E-state index contributed by atoms with van der Waals surface area (Å²) in [7, 11) is 0.711. The summed E-state index contributed by atoms with van der Waals surface area (Å²) in [5.74, 6) is -2.26. The maximum absolute atomic E-state index is 13.8. The number of ether oxygens (including phenoxy) is 1. The van der Waals surface area contributed by atoms with E-state index in [2.05, 4.69) is 0 Å². The number of carbonyl (C=O) groups excluding carboxylic acids is 1. The van der Waals surface area contributed by atoms with E-state index in [4.69, 9.17) is 27.0 Å². The molecule has 1 aromatic rings. The predicted octanol–water partition coefficient (Wildman–Crippen LogP) is 2.97. The van der Waals surface area contributed by atoms with Gasteiger partial charge in [0.25, 0.3) is 9.05 Å². The summed E-state index contributed by atoms with van der Waals surface area (Å²) in [5.41, 5.74) is -0.560. The summed E-state index contributed by atoms with van der Waals surface area (Å²) in [6.07, 6.45) is 0.550. The molecule has 0 saturated heterocycles. The summed E-state index contributed by atoms with van der Waals surface area (Å²) in [6.45, 7) is 1.85. The van der Waals surface area contributed by atoms with Gasteiger partial charge in [-0.1, -0.05) is 18.5 Å². The number of hydrogen-bond donors (Lipinski definition) is 0. The van der Waals surface area contributed by atoms with E-state index in [1.54, 1.807) is 6.92 Å². The van der Waals surface area contributed by atoms with E-state index < -0.39 is 31.3 Å². The summed E-state index contributed by atoms with van der Waals surface area (Å²) in [4.78, 5) is 10.6. The van der Waals surface area contributed by atoms with Crippen molar-refractivity contribution in [3.63, 3.8) is 0 Å². The van der Waals surface area contributed by atoms with Crippen LogP contribution < -0.4 is 0 Å². The number of halogens is 3. The molecule has 0 amide bonds. The summed E-state index contributed by atoms with van der Waals surface area (Å²) in [5, 5.41) is -0.126. The van der Waals surface area contributed by atoms with Crippen LogP contribution in [0.15, 0.2) is 17.0 Å². The first-order valence-electron chi connectivity index (χ1n) is 4.88. The van der Waals surface area contributed by atoms with Crippen LogP contribution in [0.2, 0.25) is 5.02 Å². The van der Waals surface area contributed by atoms with Gasteiger partial charge in [0.15, 0.2) is 5.82 Å². The molecule has 8 heteroatoms. The molecule has 0 heterocycles. The molecule has 0 saturated carbocycles. The van der Waals surface area contributed by atoms with Crippen molar-refractivity contribution in [1.82, 2.24) is 0 Å². The van der Waals surface area contributed by atoms with Gasteiger partial charge in [0.05, 0.1) is 12.2 Å². The molecule has 0 unspecified atom stereocenters. The van der Waals surface area contributed by atoms with Gasteiger partial charge in [-0.15, -0.1) is 0 Å². The van der Waals surface area contributed by atoms with Crippen molar-refractivity contribution >= 4 is 37.3 Å². The van der Waals surface area contributed by atoms with Crippen molar-refractivity contribution in [2.24, 2.45) is 0 Å². The summed E-state index contributed by atoms with van der Waals surface area (Å²) >= 11 is 5.61. The highest BCUT2D eigenvalue weighted by Gasteiger charge is 2.24. The van der Waals surface area contributed by atoms with Gasteiger partial charge in [0, 0.05) is 15.7 Å². The van der Waals surface area contributed by atoms with E-state index in [9.17, 15) is 17.6 Å². The molecule has 0 atom stereocenters. The number of esters is 1. The van der Waals surface area contributed by atoms with E-state index in [0.29, 0.717) is 6.42 Å². The topological polar surface area (TPSA) is 60.4 Å². The van der Waals surface area contributed by atoms with Crippen LogP contribution in [0.5, 0.6) is 0 Å². The molecule has 0 aliphatic carbocycles. The van der Waals surface area contributed by atoms with Gasteiger partial charge in [0.1, 0.15) is 4.90 Å². The Morgan fingerprint density at radius 2 is 2.06 bits per heavy atom. The van der Waals surface area contributed by atoms with Gasteiger partial charge in [-0.3, -0.25) is 0 Å². The van der Waals surface area contributed by atoms with Gasteiger partial charge in [-0.05, 0) is 18.6 Å². The van der Waals surface area contributed by atoms with Crippen LogP contribution in [0.1, 0.15) is 23.7 Å². The van der Waals surface area contributed by atoms with Gasteiger partial charge in [-0.2, -0.15) is 0 Å². The maximum atomic E-state index is 13.8. The monoisotopic (exact) mass is 314 g/mol. The van der Waals surface area contributed by atoms with E-state index in [-0.39, 0.29) is 11.6 Å². The highest BCUT2D eigenvalue weighted by atomic mass is 35.7. The Bertz CT molecular complexity index is 571. The van der Waals surface area contributed by atoms with Crippen molar-refractivity contribution in [2.75, 3.05) is 6.61 Å². The Kier molecular flexibility index (Phi) is 4.95. The Labute approximate surface area is 113 Å². The molecule has 0 aromatic heterocycles. The second-order valence-electron chi connectivity index (χ2n) is 3.34. The quantitative estimate of drug-likeness (QED) is 0.633. The normalized spacial score (nSPS) is 11.3. The minimum absolute atomic E-state index is 0.0910. The fourth-order valence-corrected chi connectivity index (χ4v) is 2.37. The second kappa shape index (κ2) is 5.86. The first-order valence-corrected chi connectivity index (χ1v) is 7.57. The lowest BCUT2D eigenvalue weighted by atomic mass is 10.2. The third kappa shape index (κ3) is 3.57. The molecular weight excluding hydrogens is 306 g/mol. The molecule has 4 nitrogen and oxygen atoms in total. The van der Waals surface area contributed by atoms with Crippen LogP contribution in [-0.2, 0) is 13.8 Å². The number of hydrogen-bond acceptors (Lipinski definition) is 4. The van der Waals surface area contributed by atoms with Crippen LogP contribution in [0.25, 0.3) is 0 Å². The predicted molar refractivity (Wildman–Crippen MR) is 65.0 cm³/mol. The van der Waals surface area contributed by atoms with Crippen molar-refractivity contribution in [1.29, 1.82) is 0 Å². The molecule has 0 aliphatic rings. The largest absolute Gasteiger partial charge is 0.462 e. The molecular formula is C10H9Cl2FO4S. The Hall–Kier alpha value is -0.850. The standard InChI is InChI=1S/C10H9Cl2FO4S/c1-2-3-17-10(14)7-4-6(11)5-8(9(7)13)18(12,15)16/h4-5H,2-3H2,1H3. The average molecular weight is 315 g/mol. The number of benzene rings is 1. The highest BCUT2D eigenvalue weighted by Crippen LogP contribution is 2.26. The summed E-state index contributed by atoms with van der Waals surface area (Å²) < 4.78 is 40.7. The van der Waals surface area contributed by atoms with E-state index >= 15 is 0 Å². The van der Waals surface area contributed by atoms with E-state index in [1.165, 1.54) is 0 Å². The zero-order valence-corrected chi connectivity index (χ0v) is 11.6. The average Bonchev–Trinajstić information content (AvgIpc) is 2.27. The van der Waals surface area contributed by atoms with Gasteiger partial charge < -0.3 is 4.74 Å². The minimum atomic E-state index is -4.33. The highest BCUT2D eigenvalue weighted by molar-refractivity contribution is 8.13. The number of rotatable bonds is 4. The first kappa shape index (κ1) is 15.2. The van der Waals surface area contributed by atoms with Crippen LogP contribution >= 0.6 is 22.3 Å². The lowest BCUT2D eigenvalue weighted by molar-refractivity contribution is 0.0499. The minimum Gasteiger partial charge on any atom is -0.462 e. The van der Waals surface area contributed by atoms with Gasteiger partial charge in [0.2, 0.25) is 0 Å². The Morgan fingerprint density at radius 3 is 2.56 bits per heavy atom. The van der Waals surface area contributed by atoms with Crippen LogP contribution in [0.3, 0.4) is 0 Å². The second-order valence-corrected chi connectivity index (χ2v) is 6.31. The lowest BCUT2D eigenvalue weighted by Crippen LogP contribution is -2.10. The SMILES string of the molecule is CCCOC(=O)c1cc(Cl)cc(S(=O)(=O)Cl)c1F. The fourth-order valence-electron chi connectivity index (χ4n) is 1.16. The van der Waals surface area contributed by atoms with Gasteiger partial charge >= 0.3 is 5.97 Å². The smallest absolute Gasteiger partial charge is 0.341 e. The van der Waals surface area contributed by atoms with Crippen molar-refractivity contribution in [2.45, 2.75) is 18.2 Å². The molecule has 1 aromatic carbocycles. The van der Waals surface area contributed by atoms with E-state index in [1.807, 2.05) is 0 Å². The Morgan fingerprint density at radius 1 is 1.44 bits per heavy atom. The fraction of sp³-hybridized carbons (Fsp3) is 0.300. The van der Waals surface area contributed by atoms with Crippen molar-refractivity contribution in [3.8, 4) is 0 Å². The van der Waals surface area contributed by atoms with Gasteiger partial charge in [-0.25, -0.2) is 17.6 Å². The zero-order chi connectivity index (χ0) is 13.9. The van der Waals surface area contributed by atoms with Crippen LogP contribution in [0.4, 0.5) is 4.39 Å². The molecule has 18 heavy (non-hydrogen) atoms. The molecule has 0 N–H and O–H groups in total. The molecule has 0 radical (unpaired) electrons. The number of carbonyl (C=O) groups is 1. The van der Waals surface area contributed by atoms with Crippen molar-refractivity contribution in [3.05, 3.63) is 28.5 Å². The summed E-state index contributed by atoms with van der Waals surface area (Å²) in [6, 6.07) is 1.82. The zero-order valence-electron chi connectivity index (χ0n) is 9.24. The third-order valence-corrected chi connectivity index (χ3v) is 3.46. The van der Waals surface area contributed by atoms with Crippen molar-refractivity contribution < 1.29 is 22.3 Å². The third-order valence-electron chi connectivity index (χ3n) is 1.92. The Balaban J connectivity index is 3.30. The molecule has 0 spiro atoms. The molecule has 0 fully saturated rings. The molecule has 0 aliphatic heterocycles. The van der Waals surface area contributed by atoms with Crippen LogP contribution in [0, 0.1) is 5.82 Å². The van der Waals surface area contributed by atoms with Crippen LogP contribution in [-0.4, -0.2) is 21.0 Å². The lowest BCUT2D eigenvalue weighted by Gasteiger charge is -2.07. The molecule has 1 rings (SSSR count). The first-order chi connectivity index (χ1) is 8.27. The maximum Gasteiger partial charge on any atom is 0.341 e. The molecule has 100 valence electrons.